The number of amides is 2. The van der Waals surface area contributed by atoms with Crippen LogP contribution in [-0.4, -0.2) is 27.9 Å². The van der Waals surface area contributed by atoms with Gasteiger partial charge in [-0.2, -0.15) is 0 Å². The van der Waals surface area contributed by atoms with Crippen molar-refractivity contribution in [2.75, 3.05) is 0 Å². The van der Waals surface area contributed by atoms with Crippen LogP contribution in [0.3, 0.4) is 0 Å². The van der Waals surface area contributed by atoms with E-state index in [4.69, 9.17) is 0 Å². The first-order valence-electron chi connectivity index (χ1n) is 10.9. The summed E-state index contributed by atoms with van der Waals surface area (Å²) >= 11 is 0. The first-order chi connectivity index (χ1) is 15.1. The molecule has 2 bridgehead atoms. The van der Waals surface area contributed by atoms with Crippen LogP contribution in [0.4, 0.5) is 0 Å². The average molecular weight is 409 g/mol. The van der Waals surface area contributed by atoms with Gasteiger partial charge in [0, 0.05) is 11.8 Å². The minimum atomic E-state index is -0.920. The van der Waals surface area contributed by atoms with E-state index >= 15 is 0 Å². The number of carbonyl (C=O) groups excluding carboxylic acids is 2. The van der Waals surface area contributed by atoms with Crippen LogP contribution >= 0.6 is 0 Å². The molecule has 2 amide bonds. The SMILES string of the molecule is C[C@@H]([C@H](O)c1ccccc1)N1C(=O)[C@@H]2C3c4ccccc4C(c4ccccc43)[C@@H]2C1=O. The van der Waals surface area contributed by atoms with Crippen molar-refractivity contribution in [3.8, 4) is 0 Å². The van der Waals surface area contributed by atoms with Gasteiger partial charge in [-0.25, -0.2) is 0 Å². The molecule has 1 N–H and O–H groups in total. The zero-order valence-corrected chi connectivity index (χ0v) is 17.2. The summed E-state index contributed by atoms with van der Waals surface area (Å²) in [5.74, 6) is -1.37. The van der Waals surface area contributed by atoms with Gasteiger partial charge in [-0.3, -0.25) is 14.5 Å². The number of imide groups is 1. The third-order valence-electron chi connectivity index (χ3n) is 7.49. The second-order valence-electron chi connectivity index (χ2n) is 8.91. The van der Waals surface area contributed by atoms with Gasteiger partial charge >= 0.3 is 0 Å². The third-order valence-corrected chi connectivity index (χ3v) is 7.49. The van der Waals surface area contributed by atoms with E-state index in [0.717, 1.165) is 22.3 Å². The maximum absolute atomic E-state index is 13.7. The second-order valence-corrected chi connectivity index (χ2v) is 8.91. The van der Waals surface area contributed by atoms with E-state index in [-0.39, 0.29) is 23.7 Å². The quantitative estimate of drug-likeness (QED) is 0.666. The van der Waals surface area contributed by atoms with E-state index in [2.05, 4.69) is 24.3 Å². The smallest absolute Gasteiger partial charge is 0.234 e. The van der Waals surface area contributed by atoms with E-state index in [0.29, 0.717) is 5.56 Å². The number of likely N-dealkylation sites (tertiary alicyclic amines) is 1. The molecular formula is C27H23NO3. The molecule has 0 saturated carbocycles. The zero-order valence-electron chi connectivity index (χ0n) is 17.2. The summed E-state index contributed by atoms with van der Waals surface area (Å²) in [4.78, 5) is 28.8. The standard InChI is InChI=1S/C27H23NO3/c1-15(25(29)16-9-3-2-4-10-16)28-26(30)23-21-17-11-5-6-12-18(17)22(24(23)27(28)31)20-14-8-7-13-19(20)21/h2-15,21-25,29H,1H3/t15-,21?,22?,23-,24+,25-/m0/s1. The largest absolute Gasteiger partial charge is 0.386 e. The number of aliphatic hydroxyl groups is 1. The van der Waals surface area contributed by atoms with Crippen LogP contribution in [0.15, 0.2) is 78.9 Å². The fourth-order valence-corrected chi connectivity index (χ4v) is 6.17. The van der Waals surface area contributed by atoms with Crippen molar-refractivity contribution < 1.29 is 14.7 Å². The Kier molecular flexibility index (Phi) is 3.96. The highest BCUT2D eigenvalue weighted by atomic mass is 16.3. The normalized spacial score (nSPS) is 27.5. The molecule has 4 nitrogen and oxygen atoms in total. The van der Waals surface area contributed by atoms with Gasteiger partial charge in [-0.15, -0.1) is 0 Å². The summed E-state index contributed by atoms with van der Waals surface area (Å²) in [6.07, 6.45) is -0.920. The average Bonchev–Trinajstić information content (AvgIpc) is 3.09. The highest BCUT2D eigenvalue weighted by Gasteiger charge is 2.62. The van der Waals surface area contributed by atoms with Crippen molar-refractivity contribution in [1.82, 2.24) is 4.90 Å². The Balaban J connectivity index is 1.46. The van der Waals surface area contributed by atoms with Crippen LogP contribution in [-0.2, 0) is 9.59 Å². The van der Waals surface area contributed by atoms with Gasteiger partial charge in [-0.1, -0.05) is 78.9 Å². The van der Waals surface area contributed by atoms with E-state index < -0.39 is 24.0 Å². The van der Waals surface area contributed by atoms with Crippen molar-refractivity contribution in [3.63, 3.8) is 0 Å². The summed E-state index contributed by atoms with van der Waals surface area (Å²) in [6, 6.07) is 25.1. The van der Waals surface area contributed by atoms with Crippen LogP contribution in [0.2, 0.25) is 0 Å². The number of aliphatic hydroxyl groups excluding tert-OH is 1. The van der Waals surface area contributed by atoms with Crippen molar-refractivity contribution in [3.05, 3.63) is 107 Å². The number of nitrogens with zero attached hydrogens (tertiary/aromatic N) is 1. The van der Waals surface area contributed by atoms with Crippen LogP contribution in [0.25, 0.3) is 0 Å². The number of rotatable bonds is 3. The molecule has 1 aliphatic heterocycles. The minimum Gasteiger partial charge on any atom is -0.386 e. The zero-order chi connectivity index (χ0) is 21.3. The minimum absolute atomic E-state index is 0.120. The molecule has 154 valence electrons. The molecule has 1 saturated heterocycles. The summed E-state index contributed by atoms with van der Waals surface area (Å²) in [6.45, 7) is 1.77. The van der Waals surface area contributed by atoms with Crippen LogP contribution < -0.4 is 0 Å². The fourth-order valence-electron chi connectivity index (χ4n) is 6.17. The highest BCUT2D eigenvalue weighted by molar-refractivity contribution is 6.08. The molecular weight excluding hydrogens is 386 g/mol. The monoisotopic (exact) mass is 409 g/mol. The lowest BCUT2D eigenvalue weighted by atomic mass is 9.55. The van der Waals surface area contributed by atoms with E-state index in [9.17, 15) is 14.7 Å². The molecule has 1 heterocycles. The first kappa shape index (κ1) is 18.5. The Morgan fingerprint density at radius 1 is 0.677 bits per heavy atom. The van der Waals surface area contributed by atoms with Gasteiger partial charge in [0.25, 0.3) is 0 Å². The maximum atomic E-state index is 13.7. The molecule has 7 rings (SSSR count). The van der Waals surface area contributed by atoms with E-state index in [1.165, 1.54) is 4.90 Å². The summed E-state index contributed by atoms with van der Waals surface area (Å²) in [7, 11) is 0. The summed E-state index contributed by atoms with van der Waals surface area (Å²) in [5.41, 5.74) is 5.34. The topological polar surface area (TPSA) is 57.6 Å². The Morgan fingerprint density at radius 2 is 1.06 bits per heavy atom. The van der Waals surface area contributed by atoms with Gasteiger partial charge in [0.2, 0.25) is 11.8 Å². The molecule has 4 atom stereocenters. The predicted molar refractivity (Wildman–Crippen MR) is 116 cm³/mol. The molecule has 3 aromatic rings. The van der Waals surface area contributed by atoms with Crippen LogP contribution in [0.1, 0.15) is 52.7 Å². The van der Waals surface area contributed by atoms with Crippen LogP contribution in [0.5, 0.6) is 0 Å². The van der Waals surface area contributed by atoms with Gasteiger partial charge in [-0.05, 0) is 34.7 Å². The number of hydrogen-bond acceptors (Lipinski definition) is 3. The predicted octanol–water partition coefficient (Wildman–Crippen LogP) is 4.00. The molecule has 4 heteroatoms. The summed E-state index contributed by atoms with van der Waals surface area (Å²) < 4.78 is 0. The van der Waals surface area contributed by atoms with Gasteiger partial charge in [0.1, 0.15) is 0 Å². The molecule has 0 aromatic heterocycles. The molecule has 0 unspecified atom stereocenters. The van der Waals surface area contributed by atoms with Crippen LogP contribution in [0, 0.1) is 11.8 Å². The molecule has 1 fully saturated rings. The fraction of sp³-hybridized carbons (Fsp3) is 0.259. The molecule has 3 aromatic carbocycles. The maximum Gasteiger partial charge on any atom is 0.234 e. The van der Waals surface area contributed by atoms with Crippen molar-refractivity contribution in [1.29, 1.82) is 0 Å². The second kappa shape index (κ2) is 6.63. The van der Waals surface area contributed by atoms with Crippen molar-refractivity contribution >= 4 is 11.8 Å². The lowest BCUT2D eigenvalue weighted by Crippen LogP contribution is -2.42. The summed E-state index contributed by atoms with van der Waals surface area (Å²) in [5, 5.41) is 11.0. The van der Waals surface area contributed by atoms with Gasteiger partial charge < -0.3 is 5.11 Å². The Labute approximate surface area is 181 Å². The Bertz CT molecular complexity index is 1090. The molecule has 4 aliphatic rings. The number of carbonyl (C=O) groups is 2. The first-order valence-corrected chi connectivity index (χ1v) is 10.9. The van der Waals surface area contributed by atoms with Crippen molar-refractivity contribution in [2.45, 2.75) is 30.9 Å². The molecule has 0 radical (unpaired) electrons. The Hall–Kier alpha value is -3.24. The Morgan fingerprint density at radius 3 is 1.48 bits per heavy atom. The lowest BCUT2D eigenvalue weighted by Gasteiger charge is -2.45. The van der Waals surface area contributed by atoms with Crippen molar-refractivity contribution in [2.24, 2.45) is 11.8 Å². The highest BCUT2D eigenvalue weighted by Crippen LogP contribution is 2.61. The lowest BCUT2D eigenvalue weighted by molar-refractivity contribution is -0.145. The molecule has 0 spiro atoms. The number of benzene rings is 3. The molecule has 3 aliphatic carbocycles. The molecule has 31 heavy (non-hydrogen) atoms. The van der Waals surface area contributed by atoms with Gasteiger partial charge in [0.15, 0.2) is 0 Å². The number of hydrogen-bond donors (Lipinski definition) is 1. The third kappa shape index (κ3) is 2.40. The van der Waals surface area contributed by atoms with E-state index in [1.54, 1.807) is 6.92 Å². The van der Waals surface area contributed by atoms with Gasteiger partial charge in [0.05, 0.1) is 24.0 Å². The van der Waals surface area contributed by atoms with E-state index in [1.807, 2.05) is 54.6 Å².